The van der Waals surface area contributed by atoms with E-state index >= 15 is 0 Å². The van der Waals surface area contributed by atoms with Gasteiger partial charge in [-0.3, -0.25) is 0 Å². The van der Waals surface area contributed by atoms with Crippen LogP contribution in [0.3, 0.4) is 0 Å². The molecular weight excluding hydrogens is 99.8 g/mol. The van der Waals surface area contributed by atoms with Crippen molar-refractivity contribution >= 4 is 23.1 Å². The van der Waals surface area contributed by atoms with Crippen LogP contribution in [0.2, 0.25) is 0 Å². The van der Waals surface area contributed by atoms with Crippen LogP contribution in [0.5, 0.6) is 0 Å². The molecule has 0 fully saturated rings. The van der Waals surface area contributed by atoms with Gasteiger partial charge in [0.25, 0.3) is 0 Å². The molecule has 0 heterocycles. The Morgan fingerprint density at radius 2 is 1.60 bits per heavy atom. The standard InChI is InChI=1S/C2H5O.ClH.Mg/c1-2-3;;/h2H2,1H3;1H;/q-1;;+2/p-1. The maximum atomic E-state index is 8.93. The molecule has 0 saturated carbocycles. The first-order chi connectivity index (χ1) is 1.41. The molecule has 0 spiro atoms. The van der Waals surface area contributed by atoms with Crippen molar-refractivity contribution in [3.05, 3.63) is 0 Å². The van der Waals surface area contributed by atoms with E-state index in [1.54, 1.807) is 6.92 Å². The predicted molar refractivity (Wildman–Crippen MR) is 16.3 cm³/mol. The van der Waals surface area contributed by atoms with Crippen LogP contribution in [0.4, 0.5) is 0 Å². The van der Waals surface area contributed by atoms with Crippen molar-refractivity contribution in [2.24, 2.45) is 0 Å². The quantitative estimate of drug-likeness (QED) is 0.288. The summed E-state index contributed by atoms with van der Waals surface area (Å²) >= 11 is 0. The molecule has 0 bridgehead atoms. The van der Waals surface area contributed by atoms with Crippen molar-refractivity contribution in [1.82, 2.24) is 0 Å². The van der Waals surface area contributed by atoms with Gasteiger partial charge in [-0.05, 0) is 0 Å². The molecule has 0 aliphatic carbocycles. The first-order valence-electron chi connectivity index (χ1n) is 0.996. The minimum absolute atomic E-state index is 0. The fourth-order valence-electron chi connectivity index (χ4n) is 0. The molecule has 0 aromatic carbocycles. The largest absolute Gasteiger partial charge is 2.00 e. The van der Waals surface area contributed by atoms with E-state index in [2.05, 4.69) is 0 Å². The van der Waals surface area contributed by atoms with Gasteiger partial charge in [0.05, 0.1) is 0 Å². The van der Waals surface area contributed by atoms with Gasteiger partial charge in [-0.15, -0.1) is 6.61 Å². The Kier molecular flexibility index (Phi) is 66.2. The molecule has 0 unspecified atom stereocenters. The van der Waals surface area contributed by atoms with Crippen LogP contribution in [-0.2, 0) is 0 Å². The summed E-state index contributed by atoms with van der Waals surface area (Å²) in [6.45, 7) is 1.57. The van der Waals surface area contributed by atoms with E-state index in [-0.39, 0.29) is 42.1 Å². The second-order valence-electron chi connectivity index (χ2n) is 0.289. The normalized spacial score (nSPS) is 3.60. The van der Waals surface area contributed by atoms with Crippen molar-refractivity contribution in [2.75, 3.05) is 6.61 Å². The zero-order valence-corrected chi connectivity index (χ0v) is 5.37. The molecule has 0 amide bonds. The molecule has 0 radical (unpaired) electrons. The number of halogens is 1. The zero-order valence-electron chi connectivity index (χ0n) is 3.20. The fraction of sp³-hybridized carbons (Fsp3) is 1.00. The summed E-state index contributed by atoms with van der Waals surface area (Å²) in [6, 6.07) is 0. The average Bonchev–Trinajstić information content (AvgIpc) is 0.918. The summed E-state index contributed by atoms with van der Waals surface area (Å²) in [5, 5.41) is 8.93. The number of hydrogen-bond acceptors (Lipinski definition) is 1. The maximum absolute atomic E-state index is 8.93. The Morgan fingerprint density at radius 1 is 1.60 bits per heavy atom. The van der Waals surface area contributed by atoms with E-state index in [0.29, 0.717) is 0 Å². The van der Waals surface area contributed by atoms with Crippen molar-refractivity contribution in [1.29, 1.82) is 0 Å². The molecule has 0 rings (SSSR count). The van der Waals surface area contributed by atoms with Crippen LogP contribution in [0.15, 0.2) is 0 Å². The van der Waals surface area contributed by atoms with Crippen LogP contribution in [0.25, 0.3) is 0 Å². The van der Waals surface area contributed by atoms with Crippen LogP contribution < -0.4 is 17.5 Å². The van der Waals surface area contributed by atoms with Crippen molar-refractivity contribution in [3.8, 4) is 0 Å². The van der Waals surface area contributed by atoms with E-state index in [9.17, 15) is 0 Å². The third kappa shape index (κ3) is 44.2. The maximum Gasteiger partial charge on any atom is 2.00 e. The van der Waals surface area contributed by atoms with Crippen LogP contribution in [-0.4, -0.2) is 29.7 Å². The summed E-state index contributed by atoms with van der Waals surface area (Å²) in [5.41, 5.74) is 0. The van der Waals surface area contributed by atoms with Crippen LogP contribution >= 0.6 is 0 Å². The molecular formula is C2H5ClMgO. The molecule has 5 heavy (non-hydrogen) atoms. The molecule has 0 N–H and O–H groups in total. The Morgan fingerprint density at radius 3 is 1.60 bits per heavy atom. The van der Waals surface area contributed by atoms with E-state index < -0.39 is 0 Å². The monoisotopic (exact) mass is 104 g/mol. The van der Waals surface area contributed by atoms with Crippen molar-refractivity contribution < 1.29 is 17.5 Å². The molecule has 0 aliphatic heterocycles. The molecule has 0 atom stereocenters. The van der Waals surface area contributed by atoms with Crippen molar-refractivity contribution in [3.63, 3.8) is 0 Å². The predicted octanol–water partition coefficient (Wildman–Crippen LogP) is -4.01. The summed E-state index contributed by atoms with van der Waals surface area (Å²) < 4.78 is 0. The van der Waals surface area contributed by atoms with Crippen LogP contribution in [0.1, 0.15) is 6.92 Å². The molecule has 0 saturated heterocycles. The summed E-state index contributed by atoms with van der Waals surface area (Å²) in [4.78, 5) is 0. The van der Waals surface area contributed by atoms with E-state index in [4.69, 9.17) is 5.11 Å². The van der Waals surface area contributed by atoms with Gasteiger partial charge < -0.3 is 17.5 Å². The zero-order chi connectivity index (χ0) is 2.71. The molecule has 3 heteroatoms. The van der Waals surface area contributed by atoms with Crippen LogP contribution in [0, 0.1) is 0 Å². The second kappa shape index (κ2) is 19.9. The van der Waals surface area contributed by atoms with Gasteiger partial charge in [0.15, 0.2) is 0 Å². The van der Waals surface area contributed by atoms with E-state index in [1.807, 2.05) is 0 Å². The van der Waals surface area contributed by atoms with Gasteiger partial charge in [-0.2, -0.15) is 0 Å². The Bertz CT molecular complexity index is 9.61. The fourth-order valence-corrected chi connectivity index (χ4v) is 0. The molecule has 28 valence electrons. The minimum atomic E-state index is 0. The van der Waals surface area contributed by atoms with Gasteiger partial charge >= 0.3 is 23.1 Å². The summed E-state index contributed by atoms with van der Waals surface area (Å²) in [7, 11) is 0. The SMILES string of the molecule is CC[O-].[Cl-].[Mg+2]. The molecule has 0 aromatic rings. The topological polar surface area (TPSA) is 23.1 Å². The Labute approximate surface area is 54.3 Å². The minimum Gasteiger partial charge on any atom is -1.00 e. The van der Waals surface area contributed by atoms with Gasteiger partial charge in [-0.1, -0.05) is 6.92 Å². The molecule has 0 aromatic heterocycles. The third-order valence-electron chi connectivity index (χ3n) is 0. The van der Waals surface area contributed by atoms with E-state index in [0.717, 1.165) is 0 Å². The first kappa shape index (κ1) is 16.6. The smallest absolute Gasteiger partial charge is 1.00 e. The summed E-state index contributed by atoms with van der Waals surface area (Å²) in [5.74, 6) is 0. The molecule has 1 nitrogen and oxygen atoms in total. The second-order valence-corrected chi connectivity index (χ2v) is 0.289. The van der Waals surface area contributed by atoms with Gasteiger partial charge in [0.1, 0.15) is 0 Å². The Hall–Kier alpha value is 1.02. The van der Waals surface area contributed by atoms with Gasteiger partial charge in [-0.25, -0.2) is 0 Å². The van der Waals surface area contributed by atoms with Gasteiger partial charge in [0.2, 0.25) is 0 Å². The average molecular weight is 105 g/mol. The molecule has 0 aliphatic rings. The Balaban J connectivity index is -0.0000000200. The van der Waals surface area contributed by atoms with Gasteiger partial charge in [0, 0.05) is 0 Å². The number of hydrogen-bond donors (Lipinski definition) is 0. The first-order valence-corrected chi connectivity index (χ1v) is 0.996. The van der Waals surface area contributed by atoms with Crippen molar-refractivity contribution in [2.45, 2.75) is 6.92 Å². The van der Waals surface area contributed by atoms with E-state index in [1.165, 1.54) is 0 Å². The number of rotatable bonds is 0. The summed E-state index contributed by atoms with van der Waals surface area (Å²) in [6.07, 6.45) is 0. The third-order valence-corrected chi connectivity index (χ3v) is 0.